The highest BCUT2D eigenvalue weighted by atomic mass is 32.1. The van der Waals surface area contributed by atoms with Gasteiger partial charge in [-0.25, -0.2) is 4.98 Å². The number of primary amides is 1. The molecule has 2 aromatic rings. The Morgan fingerprint density at radius 2 is 1.86 bits per heavy atom. The SMILES string of the molecule is NC(=O)C1(OC(=O)C2CCOCC2)CCC(CCN2CCN(c3nccc4sccc34)CC2)CC1. The number of hydrogen-bond acceptors (Lipinski definition) is 8. The molecule has 0 aromatic carbocycles. The van der Waals surface area contributed by atoms with E-state index in [1.807, 2.05) is 6.20 Å². The Morgan fingerprint density at radius 1 is 1.11 bits per heavy atom. The van der Waals surface area contributed by atoms with Crippen LogP contribution >= 0.6 is 11.3 Å². The number of esters is 1. The molecule has 0 atom stereocenters. The van der Waals surface area contributed by atoms with Gasteiger partial charge in [0.2, 0.25) is 0 Å². The summed E-state index contributed by atoms with van der Waals surface area (Å²) in [6.45, 7) is 6.23. The van der Waals surface area contributed by atoms with E-state index in [0.29, 0.717) is 44.8 Å². The Morgan fingerprint density at radius 3 is 2.57 bits per heavy atom. The first kappa shape index (κ1) is 24.5. The van der Waals surface area contributed by atoms with Gasteiger partial charge in [-0.3, -0.25) is 14.5 Å². The number of carbonyl (C=O) groups is 2. The first-order valence-corrected chi connectivity index (χ1v) is 13.8. The van der Waals surface area contributed by atoms with Crippen LogP contribution in [0.25, 0.3) is 10.1 Å². The maximum absolute atomic E-state index is 12.7. The zero-order valence-electron chi connectivity index (χ0n) is 20.3. The summed E-state index contributed by atoms with van der Waals surface area (Å²) in [7, 11) is 0. The molecule has 4 heterocycles. The number of pyridine rings is 1. The third kappa shape index (κ3) is 5.47. The van der Waals surface area contributed by atoms with E-state index in [2.05, 4.69) is 32.3 Å². The maximum Gasteiger partial charge on any atom is 0.310 e. The molecule has 1 aliphatic carbocycles. The molecule has 35 heavy (non-hydrogen) atoms. The average molecular weight is 501 g/mol. The van der Waals surface area contributed by atoms with Gasteiger partial charge in [0.05, 0.1) is 5.92 Å². The summed E-state index contributed by atoms with van der Waals surface area (Å²) >= 11 is 1.76. The van der Waals surface area contributed by atoms with Crippen LogP contribution in [0.5, 0.6) is 0 Å². The van der Waals surface area contributed by atoms with E-state index in [4.69, 9.17) is 15.2 Å². The van der Waals surface area contributed by atoms with Crippen molar-refractivity contribution in [1.82, 2.24) is 9.88 Å². The van der Waals surface area contributed by atoms with Crippen LogP contribution in [0.3, 0.4) is 0 Å². The standard InChI is InChI=1S/C26H36N4O4S/c27-25(32)26(34-24(31)20-5-16-33-17-6-20)8-1-19(2-9-26)4-11-29-12-14-30(15-13-29)23-21-7-18-35-22(21)3-10-28-23/h3,7,10,18-20H,1-2,4-6,8-9,11-17H2,(H2,27,32). The third-order valence-corrected chi connectivity index (χ3v) is 8.98. The van der Waals surface area contributed by atoms with Crippen LogP contribution in [0.1, 0.15) is 44.9 Å². The summed E-state index contributed by atoms with van der Waals surface area (Å²) in [5, 5.41) is 3.39. The molecule has 9 heteroatoms. The van der Waals surface area contributed by atoms with Crippen LogP contribution < -0.4 is 10.6 Å². The molecular weight excluding hydrogens is 464 g/mol. The van der Waals surface area contributed by atoms with Gasteiger partial charge in [0.1, 0.15) is 5.82 Å². The van der Waals surface area contributed by atoms with E-state index in [9.17, 15) is 9.59 Å². The number of hydrogen-bond donors (Lipinski definition) is 1. The molecule has 8 nitrogen and oxygen atoms in total. The number of piperazine rings is 1. The van der Waals surface area contributed by atoms with E-state index >= 15 is 0 Å². The smallest absolute Gasteiger partial charge is 0.310 e. The summed E-state index contributed by atoms with van der Waals surface area (Å²) in [4.78, 5) is 34.6. The van der Waals surface area contributed by atoms with Crippen LogP contribution in [-0.2, 0) is 19.1 Å². The van der Waals surface area contributed by atoms with Crippen molar-refractivity contribution in [2.75, 3.05) is 50.8 Å². The first-order valence-electron chi connectivity index (χ1n) is 12.9. The van der Waals surface area contributed by atoms with Gasteiger partial charge >= 0.3 is 5.97 Å². The van der Waals surface area contributed by atoms with Gasteiger partial charge in [-0.1, -0.05) is 0 Å². The lowest BCUT2D eigenvalue weighted by Gasteiger charge is -2.39. The number of ether oxygens (including phenoxy) is 2. The van der Waals surface area contributed by atoms with E-state index in [1.54, 1.807) is 11.3 Å². The molecule has 0 unspecified atom stereocenters. The monoisotopic (exact) mass is 500 g/mol. The highest BCUT2D eigenvalue weighted by Crippen LogP contribution is 2.38. The van der Waals surface area contributed by atoms with Crippen molar-refractivity contribution in [3.05, 3.63) is 23.7 Å². The zero-order chi connectivity index (χ0) is 24.3. The van der Waals surface area contributed by atoms with E-state index < -0.39 is 11.5 Å². The topological polar surface area (TPSA) is 98.0 Å². The quantitative estimate of drug-likeness (QED) is 0.583. The van der Waals surface area contributed by atoms with Crippen molar-refractivity contribution in [2.45, 2.75) is 50.5 Å². The lowest BCUT2D eigenvalue weighted by Crippen LogP contribution is -2.51. The van der Waals surface area contributed by atoms with Gasteiger partial charge in [0, 0.05) is 55.7 Å². The van der Waals surface area contributed by atoms with Crippen LogP contribution in [0.15, 0.2) is 23.7 Å². The molecule has 2 saturated heterocycles. The van der Waals surface area contributed by atoms with Crippen molar-refractivity contribution in [3.8, 4) is 0 Å². The fraction of sp³-hybridized carbons (Fsp3) is 0.654. The van der Waals surface area contributed by atoms with Crippen molar-refractivity contribution in [2.24, 2.45) is 17.6 Å². The number of aromatic nitrogens is 1. The number of fused-ring (bicyclic) bond motifs is 1. The van der Waals surface area contributed by atoms with Gasteiger partial charge < -0.3 is 20.1 Å². The minimum absolute atomic E-state index is 0.182. The summed E-state index contributed by atoms with van der Waals surface area (Å²) in [5.41, 5.74) is 4.62. The van der Waals surface area contributed by atoms with Crippen LogP contribution in [0.2, 0.25) is 0 Å². The number of nitrogens with two attached hydrogens (primary N) is 1. The van der Waals surface area contributed by atoms with Gasteiger partial charge in [-0.15, -0.1) is 11.3 Å². The number of carbonyl (C=O) groups excluding carboxylic acids is 2. The van der Waals surface area contributed by atoms with E-state index in [1.165, 1.54) is 10.1 Å². The van der Waals surface area contributed by atoms with Crippen molar-refractivity contribution < 1.29 is 19.1 Å². The normalized spacial score (nSPS) is 26.6. The van der Waals surface area contributed by atoms with Crippen LogP contribution in [0, 0.1) is 11.8 Å². The van der Waals surface area contributed by atoms with Gasteiger partial charge in [0.25, 0.3) is 5.91 Å². The summed E-state index contributed by atoms with van der Waals surface area (Å²) in [6, 6.07) is 4.26. The molecular formula is C26H36N4O4S. The molecule has 2 aromatic heterocycles. The lowest BCUT2D eigenvalue weighted by atomic mass is 9.76. The van der Waals surface area contributed by atoms with Gasteiger partial charge in [0.15, 0.2) is 5.60 Å². The Kier molecular flexibility index (Phi) is 7.55. The summed E-state index contributed by atoms with van der Waals surface area (Å²) in [5.74, 6) is 0.674. The number of amides is 1. The molecule has 1 saturated carbocycles. The minimum atomic E-state index is -1.13. The Labute approximate surface area is 210 Å². The molecule has 190 valence electrons. The molecule has 0 radical (unpaired) electrons. The van der Waals surface area contributed by atoms with Gasteiger partial charge in [-0.2, -0.15) is 0 Å². The van der Waals surface area contributed by atoms with Crippen molar-refractivity contribution in [1.29, 1.82) is 0 Å². The van der Waals surface area contributed by atoms with Crippen molar-refractivity contribution in [3.63, 3.8) is 0 Å². The molecule has 5 rings (SSSR count). The number of rotatable bonds is 7. The fourth-order valence-electron chi connectivity index (χ4n) is 5.72. The number of thiophene rings is 1. The fourth-order valence-corrected chi connectivity index (χ4v) is 6.50. The molecule has 3 fully saturated rings. The molecule has 2 N–H and O–H groups in total. The zero-order valence-corrected chi connectivity index (χ0v) is 21.1. The Balaban J connectivity index is 1.08. The molecule has 3 aliphatic rings. The van der Waals surface area contributed by atoms with Crippen LogP contribution in [0.4, 0.5) is 5.82 Å². The lowest BCUT2D eigenvalue weighted by molar-refractivity contribution is -0.178. The number of anilines is 1. The second kappa shape index (κ2) is 10.8. The predicted molar refractivity (Wildman–Crippen MR) is 136 cm³/mol. The third-order valence-electron chi connectivity index (χ3n) is 8.10. The number of nitrogens with zero attached hydrogens (tertiary/aromatic N) is 3. The second-order valence-electron chi connectivity index (χ2n) is 10.2. The largest absolute Gasteiger partial charge is 0.449 e. The predicted octanol–water partition coefficient (Wildman–Crippen LogP) is 3.19. The average Bonchev–Trinajstić information content (AvgIpc) is 3.38. The second-order valence-corrected chi connectivity index (χ2v) is 11.1. The molecule has 1 amide bonds. The summed E-state index contributed by atoms with van der Waals surface area (Å²) in [6.07, 6.45) is 7.13. The molecule has 0 spiro atoms. The van der Waals surface area contributed by atoms with Crippen LogP contribution in [-0.4, -0.2) is 73.3 Å². The Bertz CT molecular complexity index is 1020. The van der Waals surface area contributed by atoms with E-state index in [0.717, 1.165) is 57.8 Å². The Hall–Kier alpha value is -2.23. The highest BCUT2D eigenvalue weighted by molar-refractivity contribution is 7.17. The first-order chi connectivity index (χ1) is 17.0. The highest BCUT2D eigenvalue weighted by Gasteiger charge is 2.45. The summed E-state index contributed by atoms with van der Waals surface area (Å²) < 4.78 is 12.4. The van der Waals surface area contributed by atoms with Crippen molar-refractivity contribution >= 4 is 39.1 Å². The van der Waals surface area contributed by atoms with Gasteiger partial charge in [-0.05, 0) is 74.9 Å². The minimum Gasteiger partial charge on any atom is -0.449 e. The maximum atomic E-state index is 12.7. The van der Waals surface area contributed by atoms with E-state index in [-0.39, 0.29) is 11.9 Å². The molecule has 0 bridgehead atoms. The molecule has 2 aliphatic heterocycles.